The van der Waals surface area contributed by atoms with Crippen molar-refractivity contribution >= 4 is 34.6 Å². The van der Waals surface area contributed by atoms with E-state index >= 15 is 0 Å². The molecule has 1 heterocycles. The highest BCUT2D eigenvalue weighted by atomic mass is 79.9. The minimum absolute atomic E-state index is 0.0423. The molecule has 2 aromatic rings. The van der Waals surface area contributed by atoms with Crippen LogP contribution in [0.2, 0.25) is 5.04 Å². The molecule has 35 heavy (non-hydrogen) atoms. The molecule has 1 N–H and O–H groups in total. The van der Waals surface area contributed by atoms with E-state index in [2.05, 4.69) is 128 Å². The van der Waals surface area contributed by atoms with Crippen molar-refractivity contribution in [2.75, 3.05) is 6.61 Å². The molecule has 0 amide bonds. The van der Waals surface area contributed by atoms with Gasteiger partial charge in [0.05, 0.1) is 18.3 Å². The average molecular weight is 556 g/mol. The fourth-order valence-electron chi connectivity index (χ4n) is 4.98. The molecule has 188 valence electrons. The predicted molar refractivity (Wildman–Crippen MR) is 152 cm³/mol. The number of aliphatic hydroxyl groups excluding tert-OH is 1. The van der Waals surface area contributed by atoms with Crippen molar-refractivity contribution in [3.05, 3.63) is 72.8 Å². The Morgan fingerprint density at radius 1 is 1.06 bits per heavy atom. The number of benzene rings is 2. The first-order valence-electron chi connectivity index (χ1n) is 12.6. The van der Waals surface area contributed by atoms with E-state index in [0.717, 1.165) is 19.3 Å². The first-order chi connectivity index (χ1) is 16.8. The fraction of sp³-hybridized carbons (Fsp3) is 0.467. The van der Waals surface area contributed by atoms with E-state index in [1.807, 2.05) is 0 Å². The highest BCUT2D eigenvalue weighted by Gasteiger charge is 2.53. The first kappa shape index (κ1) is 27.9. The van der Waals surface area contributed by atoms with E-state index in [9.17, 15) is 5.11 Å². The second-order valence-corrected chi connectivity index (χ2v) is 15.5. The van der Waals surface area contributed by atoms with Gasteiger partial charge in [-0.25, -0.2) is 0 Å². The van der Waals surface area contributed by atoms with Gasteiger partial charge in [0.2, 0.25) is 0 Å². The number of ether oxygens (including phenoxy) is 1. The second-order valence-electron chi connectivity index (χ2n) is 10.1. The van der Waals surface area contributed by atoms with E-state index in [4.69, 9.17) is 9.16 Å². The average Bonchev–Trinajstić information content (AvgIpc) is 3.25. The molecule has 3 rings (SSSR count). The highest BCUT2D eigenvalue weighted by molar-refractivity contribution is 9.09. The SMILES string of the molecule is CC/C=C/C[C@@H](Br)[C@H]1C[C@@H](O[Si](c2ccccc2)(c2ccccc2)C(C)(C)C)[C@@H](CC#CCO)O1. The molecule has 1 saturated heterocycles. The molecule has 0 saturated carbocycles. The molecular weight excluding hydrogens is 516 g/mol. The summed E-state index contributed by atoms with van der Waals surface area (Å²) in [6, 6.07) is 21.5. The van der Waals surface area contributed by atoms with Crippen LogP contribution in [-0.2, 0) is 9.16 Å². The lowest BCUT2D eigenvalue weighted by Gasteiger charge is -2.45. The van der Waals surface area contributed by atoms with E-state index in [1.165, 1.54) is 10.4 Å². The standard InChI is InChI=1S/C30H39BrO3Si/c1-5-6-9-20-26(31)28-23-29(27(33-28)21-14-15-22-32)34-35(30(2,3)4,24-16-10-7-11-17-24)25-18-12-8-13-19-25/h6-13,16-19,26-29,32H,5,20-23H2,1-4H3/b9-6+/t26-,27-,28-,29-/m1/s1. The molecule has 0 aliphatic carbocycles. The Labute approximate surface area is 221 Å². The Kier molecular flexibility index (Phi) is 10.4. The minimum atomic E-state index is -2.71. The van der Waals surface area contributed by atoms with Crippen LogP contribution in [0, 0.1) is 11.8 Å². The third kappa shape index (κ3) is 6.75. The van der Waals surface area contributed by atoms with Crippen molar-refractivity contribution in [1.29, 1.82) is 0 Å². The maximum absolute atomic E-state index is 9.20. The zero-order valence-corrected chi connectivity index (χ0v) is 24.0. The van der Waals surface area contributed by atoms with Crippen molar-refractivity contribution in [2.45, 2.75) is 81.6 Å². The molecule has 4 atom stereocenters. The van der Waals surface area contributed by atoms with Crippen molar-refractivity contribution in [3.8, 4) is 11.8 Å². The van der Waals surface area contributed by atoms with Crippen molar-refractivity contribution < 1.29 is 14.3 Å². The van der Waals surface area contributed by atoms with Crippen molar-refractivity contribution in [2.24, 2.45) is 0 Å². The number of alkyl halides is 1. The van der Waals surface area contributed by atoms with Gasteiger partial charge >= 0.3 is 0 Å². The van der Waals surface area contributed by atoms with Gasteiger partial charge in [0.1, 0.15) is 6.61 Å². The molecule has 0 aromatic heterocycles. The molecule has 0 unspecified atom stereocenters. The zero-order chi connectivity index (χ0) is 25.3. The lowest BCUT2D eigenvalue weighted by molar-refractivity contribution is 0.0182. The van der Waals surface area contributed by atoms with E-state index in [1.54, 1.807) is 0 Å². The van der Waals surface area contributed by atoms with Crippen LogP contribution in [0.15, 0.2) is 72.8 Å². The highest BCUT2D eigenvalue weighted by Crippen LogP contribution is 2.41. The molecule has 0 bridgehead atoms. The van der Waals surface area contributed by atoms with Crippen molar-refractivity contribution in [1.82, 2.24) is 0 Å². The fourth-order valence-corrected chi connectivity index (χ4v) is 10.2. The minimum Gasteiger partial charge on any atom is -0.402 e. The van der Waals surface area contributed by atoms with Gasteiger partial charge in [-0.05, 0) is 28.3 Å². The Hall–Kier alpha value is -1.68. The van der Waals surface area contributed by atoms with E-state index in [0.29, 0.717) is 6.42 Å². The van der Waals surface area contributed by atoms with Crippen LogP contribution in [0.5, 0.6) is 0 Å². The molecule has 0 spiro atoms. The third-order valence-corrected chi connectivity index (χ3v) is 12.7. The summed E-state index contributed by atoms with van der Waals surface area (Å²) in [4.78, 5) is 0.214. The van der Waals surface area contributed by atoms with Gasteiger partial charge in [0.25, 0.3) is 8.32 Å². The normalized spacial score (nSPS) is 21.6. The molecule has 1 fully saturated rings. The van der Waals surface area contributed by atoms with Crippen LogP contribution in [0.3, 0.4) is 0 Å². The Balaban J connectivity index is 2.02. The van der Waals surface area contributed by atoms with Crippen LogP contribution >= 0.6 is 15.9 Å². The van der Waals surface area contributed by atoms with Crippen LogP contribution in [0.4, 0.5) is 0 Å². The summed E-state index contributed by atoms with van der Waals surface area (Å²) >= 11 is 3.88. The summed E-state index contributed by atoms with van der Waals surface area (Å²) in [5, 5.41) is 11.6. The Bertz CT molecular complexity index is 952. The lowest BCUT2D eigenvalue weighted by atomic mass is 10.1. The summed E-state index contributed by atoms with van der Waals surface area (Å²) < 4.78 is 14.0. The molecule has 1 aliphatic rings. The summed E-state index contributed by atoms with van der Waals surface area (Å²) in [7, 11) is -2.71. The number of aliphatic hydroxyl groups is 1. The molecule has 0 radical (unpaired) electrons. The maximum Gasteiger partial charge on any atom is 0.261 e. The third-order valence-electron chi connectivity index (χ3n) is 6.65. The van der Waals surface area contributed by atoms with Crippen LogP contribution < -0.4 is 10.4 Å². The van der Waals surface area contributed by atoms with Crippen LogP contribution in [-0.4, -0.2) is 43.2 Å². The van der Waals surface area contributed by atoms with Crippen molar-refractivity contribution in [3.63, 3.8) is 0 Å². The Morgan fingerprint density at radius 3 is 2.17 bits per heavy atom. The number of allylic oxidation sites excluding steroid dienone is 2. The van der Waals surface area contributed by atoms with Gasteiger partial charge in [0, 0.05) is 17.7 Å². The number of hydrogen-bond donors (Lipinski definition) is 1. The first-order valence-corrected chi connectivity index (χ1v) is 15.5. The van der Waals surface area contributed by atoms with E-state index in [-0.39, 0.29) is 34.8 Å². The van der Waals surface area contributed by atoms with Crippen LogP contribution in [0.1, 0.15) is 53.4 Å². The summed E-state index contributed by atoms with van der Waals surface area (Å²) in [6.45, 7) is 8.91. The number of rotatable bonds is 9. The largest absolute Gasteiger partial charge is 0.402 e. The quantitative estimate of drug-likeness (QED) is 0.190. The smallest absolute Gasteiger partial charge is 0.261 e. The Morgan fingerprint density at radius 2 is 1.66 bits per heavy atom. The molecule has 3 nitrogen and oxygen atoms in total. The molecule has 5 heteroatoms. The van der Waals surface area contributed by atoms with Crippen LogP contribution in [0.25, 0.3) is 0 Å². The predicted octanol–water partition coefficient (Wildman–Crippen LogP) is 5.59. The van der Waals surface area contributed by atoms with Gasteiger partial charge in [-0.2, -0.15) is 0 Å². The van der Waals surface area contributed by atoms with Gasteiger partial charge < -0.3 is 14.3 Å². The molecular formula is C30H39BrO3Si. The molecule has 2 aromatic carbocycles. The van der Waals surface area contributed by atoms with E-state index < -0.39 is 8.32 Å². The number of halogens is 1. The van der Waals surface area contributed by atoms with Gasteiger partial charge in [0.15, 0.2) is 0 Å². The van der Waals surface area contributed by atoms with Gasteiger partial charge in [-0.1, -0.05) is 128 Å². The van der Waals surface area contributed by atoms with Gasteiger partial charge in [-0.15, -0.1) is 0 Å². The second kappa shape index (κ2) is 13.0. The number of hydrogen-bond acceptors (Lipinski definition) is 3. The van der Waals surface area contributed by atoms with Gasteiger partial charge in [-0.3, -0.25) is 0 Å². The molecule has 1 aliphatic heterocycles. The summed E-state index contributed by atoms with van der Waals surface area (Å²) in [5.41, 5.74) is 0. The maximum atomic E-state index is 9.20. The topological polar surface area (TPSA) is 38.7 Å². The zero-order valence-electron chi connectivity index (χ0n) is 21.4. The monoisotopic (exact) mass is 554 g/mol. The summed E-state index contributed by atoms with van der Waals surface area (Å²) in [6.07, 6.45) is 7.54. The summed E-state index contributed by atoms with van der Waals surface area (Å²) in [5.74, 6) is 5.90. The lowest BCUT2D eigenvalue weighted by Crippen LogP contribution is -2.68.